The molecule has 3 heteroatoms. The van der Waals surface area contributed by atoms with Gasteiger partial charge in [0.15, 0.2) is 0 Å². The Balaban J connectivity index is 1.06. The van der Waals surface area contributed by atoms with Crippen molar-refractivity contribution in [2.24, 2.45) is 0 Å². The summed E-state index contributed by atoms with van der Waals surface area (Å²) in [6.07, 6.45) is 0. The summed E-state index contributed by atoms with van der Waals surface area (Å²) in [4.78, 5) is 4.66. The van der Waals surface area contributed by atoms with Crippen molar-refractivity contribution in [3.63, 3.8) is 0 Å². The van der Waals surface area contributed by atoms with Crippen LogP contribution in [0.15, 0.2) is 231 Å². The minimum absolute atomic E-state index is 0.828. The van der Waals surface area contributed by atoms with Crippen molar-refractivity contribution in [1.29, 1.82) is 0 Å². The largest absolute Gasteiger partial charge is 0.456 e. The molecule has 0 spiro atoms. The predicted octanol–water partition coefficient (Wildman–Crippen LogP) is 16.0. The van der Waals surface area contributed by atoms with Gasteiger partial charge in [0.1, 0.15) is 11.5 Å². The highest BCUT2D eigenvalue weighted by atomic mass is 16.5. The van der Waals surface area contributed by atoms with Gasteiger partial charge in [-0.2, -0.15) is 0 Å². The Bertz CT molecular complexity index is 3060. The van der Waals surface area contributed by atoms with E-state index in [0.717, 1.165) is 67.5 Å². The van der Waals surface area contributed by atoms with Crippen LogP contribution >= 0.6 is 0 Å². The van der Waals surface area contributed by atoms with E-state index in [0.29, 0.717) is 0 Å². The molecule has 0 saturated heterocycles. The van der Waals surface area contributed by atoms with Gasteiger partial charge in [-0.15, -0.1) is 0 Å². The Morgan fingerprint density at radius 1 is 0.305 bits per heavy atom. The van der Waals surface area contributed by atoms with E-state index in [-0.39, 0.29) is 0 Å². The molecule has 0 radical (unpaired) electrons. The number of rotatable bonds is 8. The van der Waals surface area contributed by atoms with E-state index < -0.39 is 0 Å². The maximum Gasteiger partial charge on any atom is 0.138 e. The Morgan fingerprint density at radius 3 is 1.53 bits per heavy atom. The Labute approximate surface area is 344 Å². The predicted molar refractivity (Wildman–Crippen MR) is 247 cm³/mol. The molecule has 11 rings (SSSR count). The Kier molecular flexibility index (Phi) is 8.49. The lowest BCUT2D eigenvalue weighted by Crippen LogP contribution is -2.13. The van der Waals surface area contributed by atoms with E-state index in [1.54, 1.807) is 0 Å². The standard InChI is InChI=1S/C56H38N2O/c1-4-15-39(16-5-1)40-29-33-46(34-30-40)57(47-35-31-42(32-36-47)50-25-12-18-41-17-10-11-24-49(41)50)48-37-43-19-13-26-51-55(43)54(38-48)59-53-28-14-27-52(56(51)53)58(44-20-6-2-7-21-44)45-22-8-3-9-23-45/h1-38H. The van der Waals surface area contributed by atoms with E-state index in [9.17, 15) is 0 Å². The molecule has 278 valence electrons. The van der Waals surface area contributed by atoms with E-state index in [4.69, 9.17) is 4.74 Å². The molecule has 3 nitrogen and oxygen atoms in total. The molecule has 0 amide bonds. The highest BCUT2D eigenvalue weighted by molar-refractivity contribution is 6.09. The summed E-state index contributed by atoms with van der Waals surface area (Å²) in [5, 5.41) is 4.69. The van der Waals surface area contributed by atoms with Crippen molar-refractivity contribution in [3.8, 4) is 44.9 Å². The normalized spacial score (nSPS) is 11.5. The number of para-hydroxylation sites is 2. The zero-order chi connectivity index (χ0) is 39.1. The first-order chi connectivity index (χ1) is 29.3. The first kappa shape index (κ1) is 34.4. The van der Waals surface area contributed by atoms with E-state index >= 15 is 0 Å². The van der Waals surface area contributed by atoms with Crippen LogP contribution in [0.5, 0.6) is 11.5 Å². The second-order valence-electron chi connectivity index (χ2n) is 14.9. The SMILES string of the molecule is c1ccc(-c2ccc(N(c3ccc(-c4cccc5ccccc45)cc3)c3cc4c5c(cccc5c3)-c3c(cccc3N(c3ccccc3)c3ccccc3)O4)cc2)cc1. The van der Waals surface area contributed by atoms with Gasteiger partial charge in [0.2, 0.25) is 0 Å². The molecule has 0 bridgehead atoms. The lowest BCUT2D eigenvalue weighted by atomic mass is 9.92. The molecular formula is C56H38N2O. The van der Waals surface area contributed by atoms with Gasteiger partial charge < -0.3 is 14.5 Å². The maximum atomic E-state index is 7.02. The zero-order valence-electron chi connectivity index (χ0n) is 32.2. The van der Waals surface area contributed by atoms with E-state index in [1.165, 1.54) is 33.0 Å². The first-order valence-electron chi connectivity index (χ1n) is 20.1. The van der Waals surface area contributed by atoms with Crippen molar-refractivity contribution in [2.75, 3.05) is 9.80 Å². The number of fused-ring (bicyclic) bond motifs is 3. The molecule has 0 fully saturated rings. The lowest BCUT2D eigenvalue weighted by Gasteiger charge is -2.32. The fourth-order valence-corrected chi connectivity index (χ4v) is 8.70. The van der Waals surface area contributed by atoms with Gasteiger partial charge >= 0.3 is 0 Å². The summed E-state index contributed by atoms with van der Waals surface area (Å²) in [6.45, 7) is 0. The van der Waals surface area contributed by atoms with Gasteiger partial charge in [-0.1, -0.05) is 158 Å². The molecule has 0 unspecified atom stereocenters. The summed E-state index contributed by atoms with van der Waals surface area (Å²) in [5.74, 6) is 1.66. The van der Waals surface area contributed by atoms with Gasteiger partial charge in [0, 0.05) is 39.8 Å². The minimum Gasteiger partial charge on any atom is -0.456 e. The Hall–Kier alpha value is -7.88. The molecule has 1 heterocycles. The fourth-order valence-electron chi connectivity index (χ4n) is 8.70. The monoisotopic (exact) mass is 754 g/mol. The minimum atomic E-state index is 0.828. The van der Waals surface area contributed by atoms with E-state index in [2.05, 4.69) is 240 Å². The van der Waals surface area contributed by atoms with Crippen LogP contribution in [0.3, 0.4) is 0 Å². The number of ether oxygens (including phenoxy) is 1. The van der Waals surface area contributed by atoms with Crippen LogP contribution in [0.2, 0.25) is 0 Å². The third-order valence-corrected chi connectivity index (χ3v) is 11.4. The van der Waals surface area contributed by atoms with E-state index in [1.807, 2.05) is 0 Å². The second-order valence-corrected chi connectivity index (χ2v) is 14.9. The third kappa shape index (κ3) is 6.17. The zero-order valence-corrected chi connectivity index (χ0v) is 32.2. The molecule has 10 aromatic carbocycles. The van der Waals surface area contributed by atoms with Crippen LogP contribution in [0, 0.1) is 0 Å². The van der Waals surface area contributed by atoms with Crippen LogP contribution in [-0.4, -0.2) is 0 Å². The molecule has 1 aliphatic rings. The van der Waals surface area contributed by atoms with Gasteiger partial charge in [-0.05, 0) is 111 Å². The third-order valence-electron chi connectivity index (χ3n) is 11.4. The van der Waals surface area contributed by atoms with Crippen molar-refractivity contribution in [1.82, 2.24) is 0 Å². The molecule has 1 aliphatic heterocycles. The molecule has 59 heavy (non-hydrogen) atoms. The molecule has 0 N–H and O–H groups in total. The fraction of sp³-hybridized carbons (Fsp3) is 0. The van der Waals surface area contributed by atoms with Gasteiger partial charge in [0.05, 0.1) is 11.4 Å². The summed E-state index contributed by atoms with van der Waals surface area (Å²) >= 11 is 0. The van der Waals surface area contributed by atoms with Crippen LogP contribution in [0.4, 0.5) is 34.1 Å². The number of benzene rings is 10. The lowest BCUT2D eigenvalue weighted by molar-refractivity contribution is 0.487. The molecule has 0 saturated carbocycles. The average molecular weight is 755 g/mol. The molecule has 0 aliphatic carbocycles. The van der Waals surface area contributed by atoms with Crippen molar-refractivity contribution in [2.45, 2.75) is 0 Å². The van der Waals surface area contributed by atoms with Gasteiger partial charge in [0.25, 0.3) is 0 Å². The van der Waals surface area contributed by atoms with Crippen molar-refractivity contribution < 1.29 is 4.74 Å². The quantitative estimate of drug-likeness (QED) is 0.154. The summed E-state index contributed by atoms with van der Waals surface area (Å²) < 4.78 is 7.02. The molecular weight excluding hydrogens is 717 g/mol. The van der Waals surface area contributed by atoms with Crippen molar-refractivity contribution >= 4 is 55.7 Å². The number of hydrogen-bond acceptors (Lipinski definition) is 3. The maximum absolute atomic E-state index is 7.02. The second kappa shape index (κ2) is 14.6. The first-order valence-corrected chi connectivity index (χ1v) is 20.1. The number of hydrogen-bond donors (Lipinski definition) is 0. The summed E-state index contributed by atoms with van der Waals surface area (Å²) in [6, 6.07) is 82.1. The summed E-state index contributed by atoms with van der Waals surface area (Å²) in [5.41, 5.74) is 13.4. The summed E-state index contributed by atoms with van der Waals surface area (Å²) in [7, 11) is 0. The van der Waals surface area contributed by atoms with Crippen LogP contribution in [-0.2, 0) is 0 Å². The van der Waals surface area contributed by atoms with Crippen LogP contribution in [0.1, 0.15) is 0 Å². The number of nitrogens with zero attached hydrogens (tertiary/aromatic N) is 2. The van der Waals surface area contributed by atoms with Crippen molar-refractivity contribution in [3.05, 3.63) is 231 Å². The smallest absolute Gasteiger partial charge is 0.138 e. The number of anilines is 6. The average Bonchev–Trinajstić information content (AvgIpc) is 3.30. The van der Waals surface area contributed by atoms with Gasteiger partial charge in [-0.25, -0.2) is 0 Å². The van der Waals surface area contributed by atoms with Crippen LogP contribution in [0.25, 0.3) is 54.9 Å². The molecule has 0 atom stereocenters. The molecule has 0 aromatic heterocycles. The molecule has 10 aromatic rings. The van der Waals surface area contributed by atoms with Gasteiger partial charge in [-0.3, -0.25) is 0 Å². The van der Waals surface area contributed by atoms with Crippen LogP contribution < -0.4 is 14.5 Å². The Morgan fingerprint density at radius 2 is 0.831 bits per heavy atom. The highest BCUT2D eigenvalue weighted by Crippen LogP contribution is 2.54. The topological polar surface area (TPSA) is 15.7 Å². The highest BCUT2D eigenvalue weighted by Gasteiger charge is 2.28.